The van der Waals surface area contributed by atoms with Gasteiger partial charge >= 0.3 is 11.9 Å². The molecule has 4 N–H and O–H groups in total. The Bertz CT molecular complexity index is 299. The SMILES string of the molecule is NCCC1CCCCC12OCCO2.O=C(O)C(=O)O. The maximum atomic E-state index is 9.10. The molecule has 1 atom stereocenters. The van der Waals surface area contributed by atoms with Crippen molar-refractivity contribution in [2.45, 2.75) is 37.9 Å². The zero-order valence-corrected chi connectivity index (χ0v) is 10.8. The number of rotatable bonds is 2. The molecule has 2 rings (SSSR count). The van der Waals surface area contributed by atoms with Crippen LogP contribution in [0.3, 0.4) is 0 Å². The van der Waals surface area contributed by atoms with E-state index in [2.05, 4.69) is 0 Å². The molecule has 0 aromatic carbocycles. The van der Waals surface area contributed by atoms with Crippen molar-refractivity contribution in [3.63, 3.8) is 0 Å². The molecular weight excluding hydrogens is 254 g/mol. The highest BCUT2D eigenvalue weighted by Gasteiger charge is 2.44. The first-order valence-electron chi connectivity index (χ1n) is 6.46. The molecule has 1 unspecified atom stereocenters. The van der Waals surface area contributed by atoms with E-state index in [9.17, 15) is 0 Å². The summed E-state index contributed by atoms with van der Waals surface area (Å²) in [4.78, 5) is 18.2. The van der Waals surface area contributed by atoms with Gasteiger partial charge in [0.1, 0.15) is 0 Å². The van der Waals surface area contributed by atoms with Gasteiger partial charge in [0.15, 0.2) is 5.79 Å². The van der Waals surface area contributed by atoms with Gasteiger partial charge in [-0.2, -0.15) is 0 Å². The summed E-state index contributed by atoms with van der Waals surface area (Å²) >= 11 is 0. The maximum absolute atomic E-state index is 9.10. The highest BCUT2D eigenvalue weighted by atomic mass is 16.7. The Balaban J connectivity index is 0.000000258. The number of aliphatic carboxylic acids is 2. The topological polar surface area (TPSA) is 119 Å². The molecule has 2 aliphatic rings. The van der Waals surface area contributed by atoms with Crippen LogP contribution >= 0.6 is 0 Å². The molecule has 2 fully saturated rings. The monoisotopic (exact) mass is 275 g/mol. The average molecular weight is 275 g/mol. The van der Waals surface area contributed by atoms with Crippen molar-refractivity contribution in [1.82, 2.24) is 0 Å². The molecule has 1 saturated heterocycles. The van der Waals surface area contributed by atoms with Gasteiger partial charge in [-0.15, -0.1) is 0 Å². The van der Waals surface area contributed by atoms with E-state index in [4.69, 9.17) is 35.0 Å². The van der Waals surface area contributed by atoms with Crippen LogP contribution in [0.15, 0.2) is 0 Å². The highest BCUT2D eigenvalue weighted by Crippen LogP contribution is 2.41. The molecule has 1 heterocycles. The fraction of sp³-hybridized carbons (Fsp3) is 0.833. The molecule has 1 aliphatic heterocycles. The Morgan fingerprint density at radius 1 is 1.16 bits per heavy atom. The van der Waals surface area contributed by atoms with Gasteiger partial charge in [0.05, 0.1) is 13.2 Å². The molecule has 0 radical (unpaired) electrons. The minimum absolute atomic E-state index is 0.238. The van der Waals surface area contributed by atoms with Gasteiger partial charge in [-0.3, -0.25) is 0 Å². The Morgan fingerprint density at radius 2 is 1.74 bits per heavy atom. The predicted molar refractivity (Wildman–Crippen MR) is 65.5 cm³/mol. The van der Waals surface area contributed by atoms with Crippen molar-refractivity contribution in [1.29, 1.82) is 0 Å². The van der Waals surface area contributed by atoms with Crippen molar-refractivity contribution in [3.8, 4) is 0 Å². The summed E-state index contributed by atoms with van der Waals surface area (Å²) in [5, 5.41) is 14.8. The second kappa shape index (κ2) is 7.42. The maximum Gasteiger partial charge on any atom is 0.414 e. The van der Waals surface area contributed by atoms with Crippen molar-refractivity contribution in [2.24, 2.45) is 11.7 Å². The normalized spacial score (nSPS) is 24.6. The standard InChI is InChI=1S/C10H19NO2.C2H2O4/c11-6-4-9-3-1-2-5-10(9)12-7-8-13-10;3-1(4)2(5)6/h9H,1-8,11H2;(H,3,4)(H,5,6). The molecule has 0 bridgehead atoms. The molecule has 1 spiro atoms. The van der Waals surface area contributed by atoms with Crippen LogP contribution in [0.25, 0.3) is 0 Å². The van der Waals surface area contributed by atoms with E-state index >= 15 is 0 Å². The largest absolute Gasteiger partial charge is 0.473 e. The number of hydrogen-bond acceptors (Lipinski definition) is 5. The molecule has 0 aromatic rings. The van der Waals surface area contributed by atoms with Crippen LogP contribution in [0.4, 0.5) is 0 Å². The third-order valence-electron chi connectivity index (χ3n) is 3.42. The first-order chi connectivity index (χ1) is 9.02. The number of hydrogen-bond donors (Lipinski definition) is 3. The molecule has 19 heavy (non-hydrogen) atoms. The second-order valence-corrected chi connectivity index (χ2v) is 4.64. The average Bonchev–Trinajstić information content (AvgIpc) is 2.83. The van der Waals surface area contributed by atoms with E-state index < -0.39 is 11.9 Å². The molecule has 0 amide bonds. The quantitative estimate of drug-likeness (QED) is 0.625. The van der Waals surface area contributed by atoms with E-state index in [0.717, 1.165) is 32.6 Å². The van der Waals surface area contributed by atoms with Crippen LogP contribution in [0.5, 0.6) is 0 Å². The number of carboxylic acid groups (broad SMARTS) is 2. The van der Waals surface area contributed by atoms with Gasteiger partial charge < -0.3 is 25.4 Å². The molecule has 7 nitrogen and oxygen atoms in total. The first-order valence-corrected chi connectivity index (χ1v) is 6.46. The highest BCUT2D eigenvalue weighted by molar-refractivity contribution is 6.27. The lowest BCUT2D eigenvalue weighted by Crippen LogP contribution is -2.42. The lowest BCUT2D eigenvalue weighted by atomic mass is 9.81. The van der Waals surface area contributed by atoms with E-state index in [1.807, 2.05) is 0 Å². The smallest absolute Gasteiger partial charge is 0.414 e. The van der Waals surface area contributed by atoms with Crippen LogP contribution in [-0.2, 0) is 19.1 Å². The Labute approximate surface area is 111 Å². The van der Waals surface area contributed by atoms with Gasteiger partial charge in [-0.05, 0) is 25.8 Å². The predicted octanol–water partition coefficient (Wildman–Crippen LogP) is 0.424. The molecule has 7 heteroatoms. The van der Waals surface area contributed by atoms with Crippen molar-refractivity contribution < 1.29 is 29.3 Å². The van der Waals surface area contributed by atoms with Gasteiger partial charge in [0.25, 0.3) is 0 Å². The summed E-state index contributed by atoms with van der Waals surface area (Å²) < 4.78 is 11.5. The Kier molecular flexibility index (Phi) is 6.20. The molecule has 110 valence electrons. The number of ether oxygens (including phenoxy) is 2. The lowest BCUT2D eigenvalue weighted by molar-refractivity contribution is -0.213. The van der Waals surface area contributed by atoms with Crippen LogP contribution < -0.4 is 5.73 Å². The third kappa shape index (κ3) is 4.45. The fourth-order valence-corrected chi connectivity index (χ4v) is 2.60. The van der Waals surface area contributed by atoms with Gasteiger partial charge in [-0.25, -0.2) is 9.59 Å². The summed E-state index contributed by atoms with van der Waals surface area (Å²) in [5.41, 5.74) is 5.60. The Morgan fingerprint density at radius 3 is 2.21 bits per heavy atom. The summed E-state index contributed by atoms with van der Waals surface area (Å²) in [6.07, 6.45) is 5.87. The summed E-state index contributed by atoms with van der Waals surface area (Å²) in [7, 11) is 0. The minimum Gasteiger partial charge on any atom is -0.473 e. The molecule has 0 aromatic heterocycles. The van der Waals surface area contributed by atoms with Crippen molar-refractivity contribution in [3.05, 3.63) is 0 Å². The fourth-order valence-electron chi connectivity index (χ4n) is 2.60. The van der Waals surface area contributed by atoms with Gasteiger partial charge in [-0.1, -0.05) is 6.42 Å². The van der Waals surface area contributed by atoms with Crippen molar-refractivity contribution in [2.75, 3.05) is 19.8 Å². The van der Waals surface area contributed by atoms with Crippen molar-refractivity contribution >= 4 is 11.9 Å². The third-order valence-corrected chi connectivity index (χ3v) is 3.42. The number of carboxylic acids is 2. The van der Waals surface area contributed by atoms with Gasteiger partial charge in [0, 0.05) is 12.3 Å². The lowest BCUT2D eigenvalue weighted by Gasteiger charge is -2.39. The summed E-state index contributed by atoms with van der Waals surface area (Å²) in [6, 6.07) is 0. The van der Waals surface area contributed by atoms with E-state index in [0.29, 0.717) is 5.92 Å². The van der Waals surface area contributed by atoms with Gasteiger partial charge in [0.2, 0.25) is 0 Å². The molecule has 1 saturated carbocycles. The first kappa shape index (κ1) is 15.9. The van der Waals surface area contributed by atoms with E-state index in [1.54, 1.807) is 0 Å². The zero-order valence-electron chi connectivity index (χ0n) is 10.8. The summed E-state index contributed by atoms with van der Waals surface area (Å²) in [6.45, 7) is 2.28. The van der Waals surface area contributed by atoms with Crippen LogP contribution in [0, 0.1) is 5.92 Å². The number of nitrogens with two attached hydrogens (primary N) is 1. The summed E-state index contributed by atoms with van der Waals surface area (Å²) in [5.74, 6) is -3.35. The van der Waals surface area contributed by atoms with Crippen LogP contribution in [0.2, 0.25) is 0 Å². The molecule has 1 aliphatic carbocycles. The number of carbonyl (C=O) groups is 2. The Hall–Kier alpha value is -1.18. The van der Waals surface area contributed by atoms with E-state index in [1.165, 1.54) is 19.3 Å². The minimum atomic E-state index is -1.82. The van der Waals surface area contributed by atoms with Crippen LogP contribution in [-0.4, -0.2) is 47.7 Å². The zero-order chi connectivity index (χ0) is 14.3. The second-order valence-electron chi connectivity index (χ2n) is 4.64. The van der Waals surface area contributed by atoms with E-state index in [-0.39, 0.29) is 5.79 Å². The van der Waals surface area contributed by atoms with Crippen LogP contribution in [0.1, 0.15) is 32.1 Å². The molecular formula is C12H21NO6.